The highest BCUT2D eigenvalue weighted by Crippen LogP contribution is 2.43. The van der Waals surface area contributed by atoms with Crippen LogP contribution in [0.1, 0.15) is 85.5 Å². The van der Waals surface area contributed by atoms with Crippen molar-refractivity contribution in [2.24, 2.45) is 17.6 Å². The molecule has 0 spiro atoms. The first kappa shape index (κ1) is 27.3. The smallest absolute Gasteiger partial charge is 0.274 e. The lowest BCUT2D eigenvalue weighted by molar-refractivity contribution is -0.0390. The molecule has 1 amide bonds. The van der Waals surface area contributed by atoms with Crippen LogP contribution in [0.15, 0.2) is 42.7 Å². The van der Waals surface area contributed by atoms with Gasteiger partial charge in [-0.3, -0.25) is 9.78 Å². The van der Waals surface area contributed by atoms with Crippen LogP contribution in [0.2, 0.25) is 0 Å². The SMILES string of the molecule is Cc1cc(C2(O)CCC2)cc(F)c1-c1nc(C(=O)Nc2cnccc2C2CC(N)CC(C(C)C)C2)ccc1F. The number of hydrogen-bond acceptors (Lipinski definition) is 5. The Morgan fingerprint density at radius 3 is 2.56 bits per heavy atom. The van der Waals surface area contributed by atoms with E-state index in [1.807, 2.05) is 6.07 Å². The molecule has 2 fully saturated rings. The van der Waals surface area contributed by atoms with Gasteiger partial charge in [-0.1, -0.05) is 19.9 Å². The molecule has 2 saturated carbocycles. The van der Waals surface area contributed by atoms with E-state index in [1.165, 1.54) is 12.1 Å². The first-order valence-corrected chi connectivity index (χ1v) is 13.8. The average molecular weight is 535 g/mol. The van der Waals surface area contributed by atoms with E-state index in [0.29, 0.717) is 41.5 Å². The Kier molecular flexibility index (Phi) is 7.53. The molecular formula is C31H36F2N4O2. The fourth-order valence-corrected chi connectivity index (χ4v) is 6.12. The Labute approximate surface area is 228 Å². The van der Waals surface area contributed by atoms with Gasteiger partial charge in [0.15, 0.2) is 0 Å². The third-order valence-corrected chi connectivity index (χ3v) is 8.59. The fraction of sp³-hybridized carbons (Fsp3) is 0.452. The highest BCUT2D eigenvalue weighted by Gasteiger charge is 2.37. The van der Waals surface area contributed by atoms with Gasteiger partial charge in [-0.2, -0.15) is 0 Å². The zero-order valence-corrected chi connectivity index (χ0v) is 22.7. The zero-order chi connectivity index (χ0) is 27.9. The Morgan fingerprint density at radius 2 is 1.90 bits per heavy atom. The minimum atomic E-state index is -1.04. The number of halogens is 2. The average Bonchev–Trinajstić information content (AvgIpc) is 2.87. The highest BCUT2D eigenvalue weighted by atomic mass is 19.1. The van der Waals surface area contributed by atoms with Crippen LogP contribution in [0.3, 0.4) is 0 Å². The molecule has 0 saturated heterocycles. The summed E-state index contributed by atoms with van der Waals surface area (Å²) in [6.45, 7) is 6.07. The van der Waals surface area contributed by atoms with Gasteiger partial charge in [-0.15, -0.1) is 0 Å². The summed E-state index contributed by atoms with van der Waals surface area (Å²) in [7, 11) is 0. The monoisotopic (exact) mass is 534 g/mol. The molecule has 0 aliphatic heterocycles. The summed E-state index contributed by atoms with van der Waals surface area (Å²) in [6, 6.07) is 7.33. The molecule has 2 heterocycles. The minimum Gasteiger partial charge on any atom is -0.385 e. The molecule has 4 N–H and O–H groups in total. The number of hydrogen-bond donors (Lipinski definition) is 3. The Morgan fingerprint density at radius 1 is 1.13 bits per heavy atom. The largest absolute Gasteiger partial charge is 0.385 e. The van der Waals surface area contributed by atoms with Crippen LogP contribution >= 0.6 is 0 Å². The summed E-state index contributed by atoms with van der Waals surface area (Å²) in [5.74, 6) is -0.776. The van der Waals surface area contributed by atoms with Gasteiger partial charge in [0.2, 0.25) is 0 Å². The summed E-state index contributed by atoms with van der Waals surface area (Å²) < 4.78 is 30.2. The predicted molar refractivity (Wildman–Crippen MR) is 147 cm³/mol. The van der Waals surface area contributed by atoms with Crippen LogP contribution in [0.25, 0.3) is 11.3 Å². The molecule has 1 aromatic carbocycles. The fourth-order valence-electron chi connectivity index (χ4n) is 6.12. The predicted octanol–water partition coefficient (Wildman–Crippen LogP) is 6.22. The maximum atomic E-state index is 15.3. The molecular weight excluding hydrogens is 498 g/mol. The number of anilines is 1. The van der Waals surface area contributed by atoms with Crippen LogP contribution < -0.4 is 11.1 Å². The van der Waals surface area contributed by atoms with Crippen LogP contribution in [0.4, 0.5) is 14.5 Å². The van der Waals surface area contributed by atoms with Crippen molar-refractivity contribution in [2.45, 2.75) is 76.9 Å². The number of nitrogens with zero attached hydrogens (tertiary/aromatic N) is 2. The number of rotatable bonds is 6. The van der Waals surface area contributed by atoms with Crippen molar-refractivity contribution in [1.29, 1.82) is 0 Å². The van der Waals surface area contributed by atoms with Crippen LogP contribution in [-0.2, 0) is 5.60 Å². The third-order valence-electron chi connectivity index (χ3n) is 8.59. The van der Waals surface area contributed by atoms with E-state index < -0.39 is 23.1 Å². The molecule has 2 aromatic heterocycles. The maximum absolute atomic E-state index is 15.3. The Hall–Kier alpha value is -3.23. The van der Waals surface area contributed by atoms with Crippen molar-refractivity contribution >= 4 is 11.6 Å². The van der Waals surface area contributed by atoms with Gasteiger partial charge in [-0.25, -0.2) is 13.8 Å². The van der Waals surface area contributed by atoms with Crippen molar-refractivity contribution in [3.63, 3.8) is 0 Å². The van der Waals surface area contributed by atoms with Crippen LogP contribution in [-0.4, -0.2) is 27.0 Å². The number of carbonyl (C=O) groups excluding carboxylic acids is 1. The molecule has 3 atom stereocenters. The van der Waals surface area contributed by atoms with E-state index >= 15 is 4.39 Å². The summed E-state index contributed by atoms with van der Waals surface area (Å²) in [5, 5.41) is 13.6. The molecule has 206 valence electrons. The second-order valence-electron chi connectivity index (χ2n) is 11.6. The number of carbonyl (C=O) groups is 1. The van der Waals surface area contributed by atoms with Crippen molar-refractivity contribution in [2.75, 3.05) is 5.32 Å². The topological polar surface area (TPSA) is 101 Å². The van der Waals surface area contributed by atoms with Gasteiger partial charge in [0, 0.05) is 17.8 Å². The number of aryl methyl sites for hydroxylation is 1. The Bertz CT molecular complexity index is 1370. The van der Waals surface area contributed by atoms with E-state index in [2.05, 4.69) is 29.1 Å². The second kappa shape index (κ2) is 10.7. The van der Waals surface area contributed by atoms with Crippen molar-refractivity contribution < 1.29 is 18.7 Å². The number of aliphatic hydroxyl groups is 1. The number of nitrogens with two attached hydrogens (primary N) is 1. The van der Waals surface area contributed by atoms with Gasteiger partial charge in [0.25, 0.3) is 5.91 Å². The van der Waals surface area contributed by atoms with E-state index in [-0.39, 0.29) is 28.9 Å². The van der Waals surface area contributed by atoms with E-state index in [9.17, 15) is 14.3 Å². The quantitative estimate of drug-likeness (QED) is 0.349. The first-order valence-electron chi connectivity index (χ1n) is 13.8. The van der Waals surface area contributed by atoms with E-state index in [1.54, 1.807) is 25.4 Å². The number of pyridine rings is 2. The number of amides is 1. The van der Waals surface area contributed by atoms with Crippen LogP contribution in [0.5, 0.6) is 0 Å². The maximum Gasteiger partial charge on any atom is 0.274 e. The third kappa shape index (κ3) is 5.45. The van der Waals surface area contributed by atoms with Crippen LogP contribution in [0, 0.1) is 30.4 Å². The molecule has 3 aromatic rings. The van der Waals surface area contributed by atoms with Crippen molar-refractivity contribution in [3.05, 3.63) is 76.7 Å². The summed E-state index contributed by atoms with van der Waals surface area (Å²) in [4.78, 5) is 21.8. The summed E-state index contributed by atoms with van der Waals surface area (Å²) >= 11 is 0. The first-order chi connectivity index (χ1) is 18.6. The molecule has 39 heavy (non-hydrogen) atoms. The zero-order valence-electron chi connectivity index (χ0n) is 22.7. The van der Waals surface area contributed by atoms with Crippen molar-refractivity contribution in [3.8, 4) is 11.3 Å². The summed E-state index contributed by atoms with van der Waals surface area (Å²) in [6.07, 6.45) is 8.09. The second-order valence-corrected chi connectivity index (χ2v) is 11.6. The molecule has 6 nitrogen and oxygen atoms in total. The van der Waals surface area contributed by atoms with E-state index in [4.69, 9.17) is 5.73 Å². The molecule has 5 rings (SSSR count). The number of benzene rings is 1. The lowest BCUT2D eigenvalue weighted by Crippen LogP contribution is -2.34. The molecule has 0 bridgehead atoms. The van der Waals surface area contributed by atoms with E-state index in [0.717, 1.165) is 37.3 Å². The van der Waals surface area contributed by atoms with Gasteiger partial charge in [0.05, 0.1) is 17.5 Å². The van der Waals surface area contributed by atoms with Gasteiger partial charge in [-0.05, 0) is 104 Å². The van der Waals surface area contributed by atoms with Crippen molar-refractivity contribution in [1.82, 2.24) is 9.97 Å². The van der Waals surface area contributed by atoms with Gasteiger partial charge < -0.3 is 16.2 Å². The molecule has 3 unspecified atom stereocenters. The van der Waals surface area contributed by atoms with Gasteiger partial charge in [0.1, 0.15) is 23.0 Å². The number of aromatic nitrogens is 2. The molecule has 8 heteroatoms. The minimum absolute atomic E-state index is 0.0215. The highest BCUT2D eigenvalue weighted by molar-refractivity contribution is 6.03. The lowest BCUT2D eigenvalue weighted by Gasteiger charge is -2.37. The molecule has 0 radical (unpaired) electrons. The molecule has 2 aliphatic rings. The lowest BCUT2D eigenvalue weighted by atomic mass is 9.72. The Balaban J connectivity index is 1.42. The van der Waals surface area contributed by atoms with Gasteiger partial charge >= 0.3 is 0 Å². The summed E-state index contributed by atoms with van der Waals surface area (Å²) in [5.41, 5.74) is 7.50. The normalized spacial score (nSPS) is 22.4. The standard InChI is InChI=1S/C31H36F2N4O2/c1-17(2)19-12-20(14-22(34)13-19)23-7-10-35-16-27(23)37-30(38)26-6-5-24(32)29(36-26)28-18(3)11-21(15-25(28)33)31(39)8-4-9-31/h5-7,10-11,15-17,19-20,22,39H,4,8-9,12-14,34H2,1-3H3,(H,37,38). The number of nitrogens with one attached hydrogen (secondary N) is 1. The molecule has 2 aliphatic carbocycles.